The standard InChI is InChI=1S/C12H19N3O4S/c1-20(16,17)15-4-2-3-14-10-8-12-11(7-9(10)13)18-5-6-19-12/h7-8,14-15H,2-6,13H2,1H3. The van der Waals surface area contributed by atoms with Gasteiger partial charge in [0.15, 0.2) is 11.5 Å². The van der Waals surface area contributed by atoms with Gasteiger partial charge < -0.3 is 20.5 Å². The average Bonchev–Trinajstić information content (AvgIpc) is 2.37. The molecule has 0 saturated heterocycles. The number of nitrogens with two attached hydrogens (primary N) is 1. The van der Waals surface area contributed by atoms with Crippen molar-refractivity contribution >= 4 is 21.4 Å². The summed E-state index contributed by atoms with van der Waals surface area (Å²) < 4.78 is 35.1. The molecule has 1 aliphatic heterocycles. The molecule has 0 amide bonds. The van der Waals surface area contributed by atoms with E-state index in [-0.39, 0.29) is 0 Å². The Morgan fingerprint density at radius 1 is 1.20 bits per heavy atom. The van der Waals surface area contributed by atoms with Crippen LogP contribution in [0.25, 0.3) is 0 Å². The van der Waals surface area contributed by atoms with Crippen molar-refractivity contribution < 1.29 is 17.9 Å². The summed E-state index contributed by atoms with van der Waals surface area (Å²) in [7, 11) is -3.13. The second kappa shape index (κ2) is 6.19. The molecule has 1 heterocycles. The monoisotopic (exact) mass is 301 g/mol. The average molecular weight is 301 g/mol. The van der Waals surface area contributed by atoms with Gasteiger partial charge in [0.25, 0.3) is 0 Å². The van der Waals surface area contributed by atoms with Crippen molar-refractivity contribution in [3.63, 3.8) is 0 Å². The summed E-state index contributed by atoms with van der Waals surface area (Å²) >= 11 is 0. The zero-order chi connectivity index (χ0) is 14.6. The highest BCUT2D eigenvalue weighted by Crippen LogP contribution is 2.36. The first kappa shape index (κ1) is 14.7. The van der Waals surface area contributed by atoms with E-state index in [9.17, 15) is 8.42 Å². The molecule has 8 heteroatoms. The van der Waals surface area contributed by atoms with Gasteiger partial charge >= 0.3 is 0 Å². The van der Waals surface area contributed by atoms with Crippen molar-refractivity contribution in [3.05, 3.63) is 12.1 Å². The van der Waals surface area contributed by atoms with Crippen molar-refractivity contribution in [2.45, 2.75) is 6.42 Å². The highest BCUT2D eigenvalue weighted by atomic mass is 32.2. The first-order chi connectivity index (χ1) is 9.46. The molecular weight excluding hydrogens is 282 g/mol. The van der Waals surface area contributed by atoms with Crippen molar-refractivity contribution in [2.24, 2.45) is 0 Å². The number of nitrogen functional groups attached to an aromatic ring is 1. The Labute approximate surface area is 118 Å². The van der Waals surface area contributed by atoms with Gasteiger partial charge in [-0.15, -0.1) is 0 Å². The molecule has 0 atom stereocenters. The Morgan fingerprint density at radius 2 is 1.85 bits per heavy atom. The van der Waals surface area contributed by atoms with Gasteiger partial charge in [-0.25, -0.2) is 13.1 Å². The lowest BCUT2D eigenvalue weighted by molar-refractivity contribution is 0.172. The lowest BCUT2D eigenvalue weighted by atomic mass is 10.2. The van der Waals surface area contributed by atoms with E-state index < -0.39 is 10.0 Å². The van der Waals surface area contributed by atoms with Gasteiger partial charge in [0.05, 0.1) is 17.6 Å². The summed E-state index contributed by atoms with van der Waals surface area (Å²) in [6.45, 7) is 2.04. The molecule has 2 rings (SSSR count). The Balaban J connectivity index is 1.87. The van der Waals surface area contributed by atoms with Crippen LogP contribution in [0.3, 0.4) is 0 Å². The van der Waals surface area contributed by atoms with Crippen LogP contribution in [-0.4, -0.2) is 41.0 Å². The van der Waals surface area contributed by atoms with Crippen LogP contribution in [-0.2, 0) is 10.0 Å². The van der Waals surface area contributed by atoms with E-state index in [4.69, 9.17) is 15.2 Å². The summed E-state index contributed by atoms with van der Waals surface area (Å²) in [4.78, 5) is 0. The summed E-state index contributed by atoms with van der Waals surface area (Å²) in [5, 5.41) is 3.15. The van der Waals surface area contributed by atoms with Crippen LogP contribution in [0.1, 0.15) is 6.42 Å². The largest absolute Gasteiger partial charge is 0.486 e. The lowest BCUT2D eigenvalue weighted by Gasteiger charge is -2.20. The molecule has 20 heavy (non-hydrogen) atoms. The second-order valence-electron chi connectivity index (χ2n) is 4.53. The van der Waals surface area contributed by atoms with Gasteiger partial charge in [-0.05, 0) is 6.42 Å². The van der Waals surface area contributed by atoms with Crippen LogP contribution >= 0.6 is 0 Å². The zero-order valence-corrected chi connectivity index (χ0v) is 12.1. The van der Waals surface area contributed by atoms with E-state index in [1.54, 1.807) is 12.1 Å². The third kappa shape index (κ3) is 4.17. The van der Waals surface area contributed by atoms with Gasteiger partial charge in [0, 0.05) is 25.2 Å². The van der Waals surface area contributed by atoms with Crippen LogP contribution in [0.15, 0.2) is 12.1 Å². The smallest absolute Gasteiger partial charge is 0.208 e. The minimum absolute atomic E-state index is 0.385. The molecule has 1 aromatic carbocycles. The summed E-state index contributed by atoms with van der Waals surface area (Å²) in [5.41, 5.74) is 7.25. The topological polar surface area (TPSA) is 103 Å². The third-order valence-electron chi connectivity index (χ3n) is 2.75. The minimum atomic E-state index is -3.13. The molecule has 0 spiro atoms. The molecule has 4 N–H and O–H groups in total. The van der Waals surface area contributed by atoms with E-state index in [2.05, 4.69) is 10.0 Å². The number of sulfonamides is 1. The van der Waals surface area contributed by atoms with Gasteiger partial charge in [0.1, 0.15) is 13.2 Å². The molecule has 0 bridgehead atoms. The van der Waals surface area contributed by atoms with E-state index in [0.29, 0.717) is 49.9 Å². The molecule has 0 aliphatic carbocycles. The third-order valence-corrected chi connectivity index (χ3v) is 3.48. The molecule has 0 unspecified atom stereocenters. The fraction of sp³-hybridized carbons (Fsp3) is 0.500. The Kier molecular flexibility index (Phi) is 4.56. The molecular formula is C12H19N3O4S. The van der Waals surface area contributed by atoms with E-state index >= 15 is 0 Å². The fourth-order valence-corrected chi connectivity index (χ4v) is 2.34. The van der Waals surface area contributed by atoms with E-state index in [1.807, 2.05) is 0 Å². The number of ether oxygens (including phenoxy) is 2. The summed E-state index contributed by atoms with van der Waals surface area (Å²) in [5.74, 6) is 1.32. The molecule has 7 nitrogen and oxygen atoms in total. The van der Waals surface area contributed by atoms with Crippen LogP contribution in [0.2, 0.25) is 0 Å². The van der Waals surface area contributed by atoms with E-state index in [0.717, 1.165) is 11.9 Å². The van der Waals surface area contributed by atoms with Crippen LogP contribution in [0, 0.1) is 0 Å². The number of benzene rings is 1. The number of rotatable bonds is 6. The van der Waals surface area contributed by atoms with Crippen LogP contribution in [0.5, 0.6) is 11.5 Å². The SMILES string of the molecule is CS(=O)(=O)NCCCNc1cc2c(cc1N)OCCO2. The molecule has 112 valence electrons. The predicted molar refractivity (Wildman–Crippen MR) is 77.8 cm³/mol. The predicted octanol–water partition coefficient (Wildman–Crippen LogP) is 0.391. The molecule has 1 aromatic rings. The van der Waals surface area contributed by atoms with Gasteiger partial charge in [-0.2, -0.15) is 0 Å². The molecule has 0 saturated carbocycles. The zero-order valence-electron chi connectivity index (χ0n) is 11.3. The van der Waals surface area contributed by atoms with Gasteiger partial charge in [-0.1, -0.05) is 0 Å². The summed E-state index contributed by atoms with van der Waals surface area (Å²) in [6, 6.07) is 3.53. The Morgan fingerprint density at radius 3 is 2.50 bits per heavy atom. The first-order valence-corrected chi connectivity index (χ1v) is 8.22. The Hall–Kier alpha value is -1.67. The molecule has 0 radical (unpaired) electrons. The Bertz CT molecular complexity index is 574. The van der Waals surface area contributed by atoms with Crippen LogP contribution in [0.4, 0.5) is 11.4 Å². The van der Waals surface area contributed by atoms with Crippen molar-refractivity contribution in [1.82, 2.24) is 4.72 Å². The van der Waals surface area contributed by atoms with Crippen molar-refractivity contribution in [1.29, 1.82) is 0 Å². The number of fused-ring (bicyclic) bond motifs is 1. The number of hydrogen-bond acceptors (Lipinski definition) is 6. The molecule has 1 aliphatic rings. The molecule has 0 fully saturated rings. The minimum Gasteiger partial charge on any atom is -0.486 e. The maximum Gasteiger partial charge on any atom is 0.208 e. The fourth-order valence-electron chi connectivity index (χ4n) is 1.83. The number of hydrogen-bond donors (Lipinski definition) is 3. The molecule has 0 aromatic heterocycles. The normalized spacial score (nSPS) is 14.1. The number of nitrogens with one attached hydrogen (secondary N) is 2. The van der Waals surface area contributed by atoms with Crippen LogP contribution < -0.4 is 25.2 Å². The quantitative estimate of drug-likeness (QED) is 0.519. The maximum atomic E-state index is 10.9. The maximum absolute atomic E-state index is 10.9. The van der Waals surface area contributed by atoms with Gasteiger partial charge in [-0.3, -0.25) is 0 Å². The van der Waals surface area contributed by atoms with Gasteiger partial charge in [0.2, 0.25) is 10.0 Å². The lowest BCUT2D eigenvalue weighted by Crippen LogP contribution is -2.24. The van der Waals surface area contributed by atoms with Crippen molar-refractivity contribution in [3.8, 4) is 11.5 Å². The highest BCUT2D eigenvalue weighted by Gasteiger charge is 2.14. The first-order valence-electron chi connectivity index (χ1n) is 6.33. The second-order valence-corrected chi connectivity index (χ2v) is 6.36. The van der Waals surface area contributed by atoms with E-state index in [1.165, 1.54) is 0 Å². The summed E-state index contributed by atoms with van der Waals surface area (Å²) in [6.07, 6.45) is 1.79. The number of anilines is 2. The highest BCUT2D eigenvalue weighted by molar-refractivity contribution is 7.88. The van der Waals surface area contributed by atoms with Crippen molar-refractivity contribution in [2.75, 3.05) is 43.6 Å².